The number of carboxylic acids is 1. The molecule has 0 aromatic rings. The van der Waals surface area contributed by atoms with E-state index in [1.807, 2.05) is 12.2 Å². The number of aliphatic hydroxyl groups excluding tert-OH is 2. The van der Waals surface area contributed by atoms with Gasteiger partial charge in [0.15, 0.2) is 24.6 Å². The van der Waals surface area contributed by atoms with E-state index in [0.717, 1.165) is 96.3 Å². The van der Waals surface area contributed by atoms with Crippen LogP contribution < -0.4 is 0 Å². The van der Waals surface area contributed by atoms with Crippen LogP contribution in [0.25, 0.3) is 0 Å². The standard InChI is InChI=1S/C71H120O12/c1-4-7-10-13-16-19-22-25-28-30-32-34-37-39-42-45-48-51-54-57-63(72)79-60-62(81-64(73)58-55-52-49-46-43-41-38-35-33-31-29-26-23-20-17-14-11-8-5-2)61-80-71-69(67(76)66(75)68(83-71)70(77)78)82-65(74)59-56-53-50-47-44-40-36-27-24-21-18-15-12-9-6-3/h7,10,16,19,25-26,28-29,32,34,39,42,48,51,62,66-69,71,75-76H,4-6,8-9,11-15,17-18,20-24,27,30-31,33,35-38,40-41,43-47,49-50,52-61H2,1-3H3,(H,77,78)/b10-7-,19-16-,28-25-,29-26-,34-32-,42-39-,51-48-. The minimum Gasteiger partial charge on any atom is -0.479 e. The number of carbonyl (C=O) groups is 4. The van der Waals surface area contributed by atoms with Gasteiger partial charge >= 0.3 is 23.9 Å². The third kappa shape index (κ3) is 47.8. The number of allylic oxidation sites excluding steroid dienone is 14. The van der Waals surface area contributed by atoms with Gasteiger partial charge in [-0.05, 0) is 83.5 Å². The number of hydrogen-bond donors (Lipinski definition) is 3. The Labute approximate surface area is 505 Å². The van der Waals surface area contributed by atoms with Gasteiger partial charge in [-0.1, -0.05) is 273 Å². The Bertz CT molecular complexity index is 1760. The van der Waals surface area contributed by atoms with Crippen molar-refractivity contribution in [3.63, 3.8) is 0 Å². The molecule has 0 bridgehead atoms. The van der Waals surface area contributed by atoms with Crippen molar-refractivity contribution in [2.75, 3.05) is 13.2 Å². The first-order valence-corrected chi connectivity index (χ1v) is 33.6. The topological polar surface area (TPSA) is 175 Å². The van der Waals surface area contributed by atoms with E-state index in [9.17, 15) is 34.5 Å². The monoisotopic (exact) mass is 1160 g/mol. The van der Waals surface area contributed by atoms with Crippen molar-refractivity contribution in [3.05, 3.63) is 85.1 Å². The molecular formula is C71H120O12. The van der Waals surface area contributed by atoms with Crippen molar-refractivity contribution in [1.82, 2.24) is 0 Å². The molecule has 12 heteroatoms. The molecule has 476 valence electrons. The van der Waals surface area contributed by atoms with Crippen molar-refractivity contribution in [2.24, 2.45) is 0 Å². The smallest absolute Gasteiger partial charge is 0.335 e. The van der Waals surface area contributed by atoms with Gasteiger partial charge in [0.25, 0.3) is 0 Å². The zero-order chi connectivity index (χ0) is 60.3. The summed E-state index contributed by atoms with van der Waals surface area (Å²) in [5, 5.41) is 31.6. The number of unbranched alkanes of at least 4 members (excludes halogenated alkanes) is 29. The molecule has 0 spiro atoms. The maximum Gasteiger partial charge on any atom is 0.335 e. The summed E-state index contributed by atoms with van der Waals surface area (Å²) in [5.41, 5.74) is 0. The van der Waals surface area contributed by atoms with Crippen LogP contribution in [0.3, 0.4) is 0 Å². The van der Waals surface area contributed by atoms with Gasteiger partial charge in [-0.25, -0.2) is 4.79 Å². The number of esters is 3. The van der Waals surface area contributed by atoms with Gasteiger partial charge in [-0.3, -0.25) is 14.4 Å². The van der Waals surface area contributed by atoms with E-state index in [-0.39, 0.29) is 25.9 Å². The lowest BCUT2D eigenvalue weighted by molar-refractivity contribution is -0.301. The van der Waals surface area contributed by atoms with Gasteiger partial charge in [0.1, 0.15) is 18.8 Å². The third-order valence-corrected chi connectivity index (χ3v) is 15.0. The van der Waals surface area contributed by atoms with Crippen LogP contribution in [-0.2, 0) is 42.9 Å². The average molecular weight is 1170 g/mol. The summed E-state index contributed by atoms with van der Waals surface area (Å²) < 4.78 is 28.5. The van der Waals surface area contributed by atoms with Gasteiger partial charge in [-0.2, -0.15) is 0 Å². The average Bonchev–Trinajstić information content (AvgIpc) is 3.58. The predicted octanol–water partition coefficient (Wildman–Crippen LogP) is 18.2. The van der Waals surface area contributed by atoms with Crippen LogP contribution in [0.5, 0.6) is 0 Å². The number of rotatable bonds is 57. The van der Waals surface area contributed by atoms with E-state index >= 15 is 0 Å². The van der Waals surface area contributed by atoms with E-state index in [4.69, 9.17) is 23.7 Å². The Morgan fingerprint density at radius 3 is 1.20 bits per heavy atom. The van der Waals surface area contributed by atoms with Crippen LogP contribution in [0, 0.1) is 0 Å². The second kappa shape index (κ2) is 58.3. The van der Waals surface area contributed by atoms with Crippen molar-refractivity contribution < 1.29 is 58.2 Å². The minimum absolute atomic E-state index is 0.0545. The lowest BCUT2D eigenvalue weighted by Gasteiger charge is -2.40. The van der Waals surface area contributed by atoms with Crippen molar-refractivity contribution >= 4 is 23.9 Å². The zero-order valence-electron chi connectivity index (χ0n) is 52.7. The molecule has 1 heterocycles. The number of aliphatic carboxylic acids is 1. The molecule has 0 aliphatic carbocycles. The van der Waals surface area contributed by atoms with Gasteiger partial charge < -0.3 is 39.0 Å². The first-order valence-electron chi connectivity index (χ1n) is 33.6. The summed E-state index contributed by atoms with van der Waals surface area (Å²) in [6.45, 7) is 5.85. The fraction of sp³-hybridized carbons (Fsp3) is 0.746. The van der Waals surface area contributed by atoms with Gasteiger partial charge in [0.2, 0.25) is 0 Å². The summed E-state index contributed by atoms with van der Waals surface area (Å²) in [6.07, 6.45) is 64.1. The van der Waals surface area contributed by atoms with Crippen molar-refractivity contribution in [2.45, 2.75) is 327 Å². The molecule has 0 aromatic heterocycles. The molecule has 3 N–H and O–H groups in total. The molecule has 1 aliphatic heterocycles. The van der Waals surface area contributed by atoms with E-state index in [1.54, 1.807) is 0 Å². The summed E-state index contributed by atoms with van der Waals surface area (Å²) in [7, 11) is 0. The molecule has 0 amide bonds. The first-order chi connectivity index (χ1) is 40.6. The molecule has 6 unspecified atom stereocenters. The maximum atomic E-state index is 13.2. The molecular weight excluding hydrogens is 1040 g/mol. The summed E-state index contributed by atoms with van der Waals surface area (Å²) in [5.74, 6) is -3.22. The van der Waals surface area contributed by atoms with E-state index < -0.39 is 67.3 Å². The van der Waals surface area contributed by atoms with Crippen LogP contribution >= 0.6 is 0 Å². The lowest BCUT2D eigenvalue weighted by atomic mass is 9.98. The Morgan fingerprint density at radius 1 is 0.410 bits per heavy atom. The fourth-order valence-corrected chi connectivity index (χ4v) is 9.86. The second-order valence-corrected chi connectivity index (χ2v) is 22.7. The summed E-state index contributed by atoms with van der Waals surface area (Å²) in [6, 6.07) is 0. The van der Waals surface area contributed by atoms with Crippen LogP contribution in [-0.4, -0.2) is 89.2 Å². The molecule has 12 nitrogen and oxygen atoms in total. The molecule has 6 atom stereocenters. The highest BCUT2D eigenvalue weighted by Gasteiger charge is 2.50. The highest BCUT2D eigenvalue weighted by atomic mass is 16.7. The van der Waals surface area contributed by atoms with E-state index in [0.29, 0.717) is 19.3 Å². The van der Waals surface area contributed by atoms with Gasteiger partial charge in [0.05, 0.1) is 6.61 Å². The molecule has 1 aliphatic rings. The Balaban J connectivity index is 2.69. The second-order valence-electron chi connectivity index (χ2n) is 22.7. The largest absolute Gasteiger partial charge is 0.479 e. The Hall–Kier alpha value is -4.10. The van der Waals surface area contributed by atoms with Crippen molar-refractivity contribution in [3.8, 4) is 0 Å². The molecule has 1 rings (SSSR count). The maximum absolute atomic E-state index is 13.2. The lowest BCUT2D eigenvalue weighted by Crippen LogP contribution is -2.61. The van der Waals surface area contributed by atoms with Gasteiger partial charge in [0, 0.05) is 19.3 Å². The number of carbonyl (C=O) groups excluding carboxylic acids is 3. The summed E-state index contributed by atoms with van der Waals surface area (Å²) in [4.78, 5) is 51.3. The molecule has 0 aromatic carbocycles. The normalized spacial score (nSPS) is 18.1. The van der Waals surface area contributed by atoms with Crippen molar-refractivity contribution in [1.29, 1.82) is 0 Å². The van der Waals surface area contributed by atoms with E-state index in [2.05, 4.69) is 93.7 Å². The van der Waals surface area contributed by atoms with Crippen LogP contribution in [0.2, 0.25) is 0 Å². The number of ether oxygens (including phenoxy) is 5. The summed E-state index contributed by atoms with van der Waals surface area (Å²) >= 11 is 0. The fourth-order valence-electron chi connectivity index (χ4n) is 9.86. The number of carboxylic acid groups (broad SMARTS) is 1. The van der Waals surface area contributed by atoms with Crippen LogP contribution in [0.15, 0.2) is 85.1 Å². The Morgan fingerprint density at radius 2 is 0.783 bits per heavy atom. The first kappa shape index (κ1) is 76.9. The van der Waals surface area contributed by atoms with Crippen LogP contribution in [0.1, 0.15) is 290 Å². The Kier molecular flexibility index (Phi) is 54.0. The van der Waals surface area contributed by atoms with Crippen LogP contribution in [0.4, 0.5) is 0 Å². The highest BCUT2D eigenvalue weighted by molar-refractivity contribution is 5.74. The molecule has 83 heavy (non-hydrogen) atoms. The minimum atomic E-state index is -1.91. The quantitative estimate of drug-likeness (QED) is 0.0228. The molecule has 1 fully saturated rings. The van der Waals surface area contributed by atoms with E-state index in [1.165, 1.54) is 135 Å². The molecule has 0 saturated carbocycles. The number of hydrogen-bond acceptors (Lipinski definition) is 11. The number of aliphatic hydroxyl groups is 2. The zero-order valence-corrected chi connectivity index (χ0v) is 52.7. The highest BCUT2D eigenvalue weighted by Crippen LogP contribution is 2.27. The molecule has 0 radical (unpaired) electrons. The predicted molar refractivity (Wildman–Crippen MR) is 340 cm³/mol. The third-order valence-electron chi connectivity index (χ3n) is 15.0. The molecule has 1 saturated heterocycles. The van der Waals surface area contributed by atoms with Gasteiger partial charge in [-0.15, -0.1) is 0 Å². The SMILES string of the molecule is CC/C=C\C/C=C\C/C=C\C/C=C\C/C=C\C/C=C\CCC(=O)OCC(COC1OC(C(=O)O)C(O)C(O)C1OC(=O)CCCCCCCCCCCCCCCCC)OC(=O)CCCCCCCCCCC/C=C\CCCCCCCC.